The van der Waals surface area contributed by atoms with Crippen LogP contribution in [-0.2, 0) is 6.54 Å². The van der Waals surface area contributed by atoms with Gasteiger partial charge in [0.15, 0.2) is 5.96 Å². The molecule has 0 spiro atoms. The highest BCUT2D eigenvalue weighted by atomic mass is 15.1. The van der Waals surface area contributed by atoms with Gasteiger partial charge < -0.3 is 11.1 Å². The molecule has 76 valence electrons. The van der Waals surface area contributed by atoms with Crippen molar-refractivity contribution in [3.8, 4) is 0 Å². The maximum Gasteiger partial charge on any atom is 0.189 e. The first-order chi connectivity index (χ1) is 6.68. The fourth-order valence-corrected chi connectivity index (χ4v) is 1.01. The van der Waals surface area contributed by atoms with Crippen molar-refractivity contribution in [2.75, 3.05) is 0 Å². The summed E-state index contributed by atoms with van der Waals surface area (Å²) in [5.41, 5.74) is 6.70. The molecule has 1 aromatic rings. The minimum atomic E-state index is 0.313. The SMILES string of the molecule is CC(C)NC(N)=NCc1cccnc1. The number of hydrogen-bond acceptors (Lipinski definition) is 2. The van der Waals surface area contributed by atoms with Crippen LogP contribution in [0.25, 0.3) is 0 Å². The number of nitrogens with two attached hydrogens (primary N) is 1. The van der Waals surface area contributed by atoms with Crippen LogP contribution < -0.4 is 11.1 Å². The van der Waals surface area contributed by atoms with Gasteiger partial charge in [0.05, 0.1) is 6.54 Å². The van der Waals surface area contributed by atoms with Crippen molar-refractivity contribution in [3.63, 3.8) is 0 Å². The predicted molar refractivity (Wildman–Crippen MR) is 57.8 cm³/mol. The summed E-state index contributed by atoms with van der Waals surface area (Å²) in [5.74, 6) is 0.476. The number of rotatable bonds is 3. The monoisotopic (exact) mass is 192 g/mol. The van der Waals surface area contributed by atoms with Crippen molar-refractivity contribution in [2.45, 2.75) is 26.4 Å². The van der Waals surface area contributed by atoms with Crippen molar-refractivity contribution in [1.82, 2.24) is 10.3 Å². The molecule has 0 saturated heterocycles. The van der Waals surface area contributed by atoms with E-state index in [2.05, 4.69) is 15.3 Å². The first-order valence-electron chi connectivity index (χ1n) is 4.64. The number of aromatic nitrogens is 1. The van der Waals surface area contributed by atoms with E-state index in [1.54, 1.807) is 12.4 Å². The van der Waals surface area contributed by atoms with Crippen LogP contribution in [0.5, 0.6) is 0 Å². The minimum Gasteiger partial charge on any atom is -0.370 e. The molecule has 4 heteroatoms. The van der Waals surface area contributed by atoms with E-state index in [1.807, 2.05) is 26.0 Å². The summed E-state index contributed by atoms with van der Waals surface area (Å²) in [6.07, 6.45) is 3.52. The molecule has 0 saturated carbocycles. The molecule has 0 aliphatic rings. The molecule has 1 heterocycles. The van der Waals surface area contributed by atoms with Crippen molar-refractivity contribution in [1.29, 1.82) is 0 Å². The van der Waals surface area contributed by atoms with Gasteiger partial charge in [-0.15, -0.1) is 0 Å². The van der Waals surface area contributed by atoms with Crippen LogP contribution in [0.2, 0.25) is 0 Å². The van der Waals surface area contributed by atoms with Gasteiger partial charge in [-0.25, -0.2) is 4.99 Å². The molecule has 0 unspecified atom stereocenters. The van der Waals surface area contributed by atoms with E-state index in [0.29, 0.717) is 18.5 Å². The van der Waals surface area contributed by atoms with Crippen LogP contribution >= 0.6 is 0 Å². The molecule has 0 bridgehead atoms. The van der Waals surface area contributed by atoms with Crippen LogP contribution in [0.3, 0.4) is 0 Å². The second-order valence-corrected chi connectivity index (χ2v) is 3.36. The Labute approximate surface area is 84.3 Å². The van der Waals surface area contributed by atoms with Crippen molar-refractivity contribution in [2.24, 2.45) is 10.7 Å². The summed E-state index contributed by atoms with van der Waals surface area (Å²) < 4.78 is 0. The summed E-state index contributed by atoms with van der Waals surface area (Å²) in [6, 6.07) is 4.17. The third-order valence-corrected chi connectivity index (χ3v) is 1.59. The molecule has 14 heavy (non-hydrogen) atoms. The van der Waals surface area contributed by atoms with E-state index in [9.17, 15) is 0 Å². The lowest BCUT2D eigenvalue weighted by Crippen LogP contribution is -2.36. The normalized spacial score (nSPS) is 11.8. The Morgan fingerprint density at radius 3 is 3.00 bits per heavy atom. The number of nitrogens with one attached hydrogen (secondary N) is 1. The quantitative estimate of drug-likeness (QED) is 0.552. The van der Waals surface area contributed by atoms with Crippen LogP contribution in [-0.4, -0.2) is 17.0 Å². The van der Waals surface area contributed by atoms with Crippen molar-refractivity contribution >= 4 is 5.96 Å². The lowest BCUT2D eigenvalue weighted by atomic mass is 10.3. The van der Waals surface area contributed by atoms with Gasteiger partial charge in [-0.05, 0) is 25.5 Å². The molecule has 0 aliphatic carbocycles. The standard InChI is InChI=1S/C10H16N4/c1-8(2)14-10(11)13-7-9-4-3-5-12-6-9/h3-6,8H,7H2,1-2H3,(H3,11,13,14). The molecule has 0 aliphatic heterocycles. The fraction of sp³-hybridized carbons (Fsp3) is 0.400. The summed E-state index contributed by atoms with van der Waals surface area (Å²) in [5, 5.41) is 3.02. The molecule has 0 aromatic carbocycles. The predicted octanol–water partition coefficient (Wildman–Crippen LogP) is 0.894. The van der Waals surface area contributed by atoms with Crippen LogP contribution in [0.1, 0.15) is 19.4 Å². The molecular formula is C10H16N4. The molecule has 1 rings (SSSR count). The highest BCUT2D eigenvalue weighted by molar-refractivity contribution is 5.78. The van der Waals surface area contributed by atoms with E-state index < -0.39 is 0 Å². The lowest BCUT2D eigenvalue weighted by Gasteiger charge is -2.08. The summed E-state index contributed by atoms with van der Waals surface area (Å²) in [4.78, 5) is 8.17. The average molecular weight is 192 g/mol. The highest BCUT2D eigenvalue weighted by Crippen LogP contribution is 1.96. The zero-order chi connectivity index (χ0) is 10.4. The van der Waals surface area contributed by atoms with Gasteiger partial charge >= 0.3 is 0 Å². The minimum absolute atomic E-state index is 0.313. The highest BCUT2D eigenvalue weighted by Gasteiger charge is 1.94. The molecule has 0 fully saturated rings. The second kappa shape index (κ2) is 5.21. The molecule has 3 N–H and O–H groups in total. The summed E-state index contributed by atoms with van der Waals surface area (Å²) in [7, 11) is 0. The van der Waals surface area contributed by atoms with Gasteiger partial charge in [-0.2, -0.15) is 0 Å². The molecule has 0 atom stereocenters. The Morgan fingerprint density at radius 1 is 1.64 bits per heavy atom. The largest absolute Gasteiger partial charge is 0.370 e. The van der Waals surface area contributed by atoms with Gasteiger partial charge in [0.25, 0.3) is 0 Å². The van der Waals surface area contributed by atoms with E-state index in [0.717, 1.165) is 5.56 Å². The first-order valence-corrected chi connectivity index (χ1v) is 4.64. The second-order valence-electron chi connectivity index (χ2n) is 3.36. The van der Waals surface area contributed by atoms with Crippen LogP contribution in [0.15, 0.2) is 29.5 Å². The first kappa shape index (κ1) is 10.5. The summed E-state index contributed by atoms with van der Waals surface area (Å²) >= 11 is 0. The van der Waals surface area contributed by atoms with Crippen molar-refractivity contribution in [3.05, 3.63) is 30.1 Å². The molecular weight excluding hydrogens is 176 g/mol. The Morgan fingerprint density at radius 2 is 2.43 bits per heavy atom. The van der Waals surface area contributed by atoms with Gasteiger partial charge in [0.2, 0.25) is 0 Å². The van der Waals surface area contributed by atoms with Gasteiger partial charge in [0, 0.05) is 18.4 Å². The Kier molecular flexibility index (Phi) is 3.91. The fourth-order valence-electron chi connectivity index (χ4n) is 1.01. The van der Waals surface area contributed by atoms with Gasteiger partial charge in [-0.1, -0.05) is 6.07 Å². The number of guanidine groups is 1. The Balaban J connectivity index is 2.47. The van der Waals surface area contributed by atoms with E-state index in [4.69, 9.17) is 5.73 Å². The molecule has 1 aromatic heterocycles. The van der Waals surface area contributed by atoms with Gasteiger partial charge in [0.1, 0.15) is 0 Å². The number of aliphatic imine (C=N–C) groups is 1. The maximum atomic E-state index is 5.64. The third kappa shape index (κ3) is 3.89. The zero-order valence-electron chi connectivity index (χ0n) is 8.57. The number of hydrogen-bond donors (Lipinski definition) is 2. The number of nitrogens with zero attached hydrogens (tertiary/aromatic N) is 2. The average Bonchev–Trinajstić information content (AvgIpc) is 2.15. The summed E-state index contributed by atoms with van der Waals surface area (Å²) in [6.45, 7) is 4.61. The van der Waals surface area contributed by atoms with E-state index >= 15 is 0 Å². The Bertz CT molecular complexity index is 292. The topological polar surface area (TPSA) is 63.3 Å². The zero-order valence-corrected chi connectivity index (χ0v) is 8.57. The lowest BCUT2D eigenvalue weighted by molar-refractivity contribution is 0.723. The van der Waals surface area contributed by atoms with Crippen LogP contribution in [0, 0.1) is 0 Å². The maximum absolute atomic E-state index is 5.64. The van der Waals surface area contributed by atoms with Crippen LogP contribution in [0.4, 0.5) is 0 Å². The van der Waals surface area contributed by atoms with E-state index in [-0.39, 0.29) is 0 Å². The third-order valence-electron chi connectivity index (χ3n) is 1.59. The van der Waals surface area contributed by atoms with E-state index in [1.165, 1.54) is 0 Å². The Hall–Kier alpha value is -1.58. The molecule has 0 amide bonds. The van der Waals surface area contributed by atoms with Gasteiger partial charge in [-0.3, -0.25) is 4.98 Å². The van der Waals surface area contributed by atoms with Crippen molar-refractivity contribution < 1.29 is 0 Å². The molecule has 4 nitrogen and oxygen atoms in total. The smallest absolute Gasteiger partial charge is 0.189 e. The number of pyridine rings is 1. The molecule has 0 radical (unpaired) electrons.